The predicted octanol–water partition coefficient (Wildman–Crippen LogP) is 4.97. The van der Waals surface area contributed by atoms with Gasteiger partial charge in [0.1, 0.15) is 11.4 Å². The van der Waals surface area contributed by atoms with Gasteiger partial charge in [-0.2, -0.15) is 0 Å². The summed E-state index contributed by atoms with van der Waals surface area (Å²) in [6.45, 7) is 1.92. The van der Waals surface area contributed by atoms with Crippen LogP contribution in [-0.4, -0.2) is 16.2 Å². The predicted molar refractivity (Wildman–Crippen MR) is 87.9 cm³/mol. The van der Waals surface area contributed by atoms with Gasteiger partial charge in [0.2, 0.25) is 0 Å². The van der Waals surface area contributed by atoms with Crippen molar-refractivity contribution >= 4 is 28.1 Å². The van der Waals surface area contributed by atoms with Gasteiger partial charge in [0.05, 0.1) is 5.56 Å². The molecule has 3 aromatic carbocycles. The topological polar surface area (TPSA) is 82.2 Å². The van der Waals surface area contributed by atoms with Crippen LogP contribution in [0.25, 0.3) is 10.8 Å². The molecule has 0 spiro atoms. The summed E-state index contributed by atoms with van der Waals surface area (Å²) >= 11 is 0. The number of fused-ring (bicyclic) bond motifs is 1. The van der Waals surface area contributed by atoms with Crippen molar-refractivity contribution in [3.8, 4) is 5.75 Å². The summed E-state index contributed by atoms with van der Waals surface area (Å²) in [4.78, 5) is 11.2. The summed E-state index contributed by atoms with van der Waals surface area (Å²) in [5.74, 6) is -1.04. The minimum atomic E-state index is -1.07. The number of nitrogens with zero attached hydrogens (tertiary/aromatic N) is 2. The SMILES string of the molecule is Cc1cc(N=Nc2ccccc2C(=O)O)c(O)c2ccccc12. The molecule has 0 saturated heterocycles. The van der Waals surface area contributed by atoms with E-state index in [4.69, 9.17) is 5.11 Å². The summed E-state index contributed by atoms with van der Waals surface area (Å²) in [6.07, 6.45) is 0. The van der Waals surface area contributed by atoms with Crippen molar-refractivity contribution in [2.24, 2.45) is 10.2 Å². The molecule has 0 aliphatic carbocycles. The van der Waals surface area contributed by atoms with Crippen molar-refractivity contribution in [3.05, 3.63) is 65.7 Å². The Morgan fingerprint density at radius 3 is 2.26 bits per heavy atom. The van der Waals surface area contributed by atoms with E-state index in [0.717, 1.165) is 10.9 Å². The molecule has 0 radical (unpaired) electrons. The van der Waals surface area contributed by atoms with Gasteiger partial charge in [-0.1, -0.05) is 36.4 Å². The number of hydrogen-bond acceptors (Lipinski definition) is 4. The largest absolute Gasteiger partial charge is 0.505 e. The molecule has 0 aromatic heterocycles. The Morgan fingerprint density at radius 1 is 0.913 bits per heavy atom. The van der Waals surface area contributed by atoms with Crippen molar-refractivity contribution in [2.45, 2.75) is 6.92 Å². The van der Waals surface area contributed by atoms with Crippen molar-refractivity contribution in [1.82, 2.24) is 0 Å². The smallest absolute Gasteiger partial charge is 0.337 e. The Kier molecular flexibility index (Phi) is 3.76. The molecule has 0 aliphatic rings. The molecule has 114 valence electrons. The second-order valence-electron chi connectivity index (χ2n) is 5.13. The normalized spacial score (nSPS) is 11.2. The molecule has 3 aromatic rings. The van der Waals surface area contributed by atoms with Gasteiger partial charge < -0.3 is 10.2 Å². The number of aromatic carboxylic acids is 1. The molecule has 0 aliphatic heterocycles. The van der Waals surface area contributed by atoms with Crippen LogP contribution in [-0.2, 0) is 0 Å². The van der Waals surface area contributed by atoms with Crippen molar-refractivity contribution in [2.75, 3.05) is 0 Å². The first kappa shape index (κ1) is 14.7. The summed E-state index contributed by atoms with van der Waals surface area (Å²) < 4.78 is 0. The van der Waals surface area contributed by atoms with Crippen LogP contribution in [0.4, 0.5) is 11.4 Å². The molecule has 0 fully saturated rings. The molecule has 5 nitrogen and oxygen atoms in total. The number of carboxylic acids is 1. The van der Waals surface area contributed by atoms with E-state index in [0.29, 0.717) is 11.1 Å². The number of benzene rings is 3. The molecular formula is C18H14N2O3. The maximum atomic E-state index is 11.2. The number of carbonyl (C=O) groups is 1. The molecule has 0 heterocycles. The zero-order valence-electron chi connectivity index (χ0n) is 12.4. The van der Waals surface area contributed by atoms with Gasteiger partial charge in [0, 0.05) is 5.39 Å². The van der Waals surface area contributed by atoms with E-state index in [9.17, 15) is 9.90 Å². The molecular weight excluding hydrogens is 292 g/mol. The lowest BCUT2D eigenvalue weighted by atomic mass is 10.0. The lowest BCUT2D eigenvalue weighted by Crippen LogP contribution is -1.95. The van der Waals surface area contributed by atoms with Crippen LogP contribution in [0.3, 0.4) is 0 Å². The average Bonchev–Trinajstić information content (AvgIpc) is 2.57. The molecule has 0 unspecified atom stereocenters. The number of azo groups is 1. The van der Waals surface area contributed by atoms with Crippen LogP contribution in [0, 0.1) is 6.92 Å². The number of hydrogen-bond donors (Lipinski definition) is 2. The molecule has 0 atom stereocenters. The maximum absolute atomic E-state index is 11.2. The third kappa shape index (κ3) is 2.76. The van der Waals surface area contributed by atoms with Crippen molar-refractivity contribution in [3.63, 3.8) is 0 Å². The fourth-order valence-electron chi connectivity index (χ4n) is 2.45. The number of aryl methyl sites for hydroxylation is 1. The highest BCUT2D eigenvalue weighted by atomic mass is 16.4. The molecule has 0 bridgehead atoms. The lowest BCUT2D eigenvalue weighted by molar-refractivity contribution is 0.0697. The molecule has 5 heteroatoms. The number of phenolic OH excluding ortho intramolecular Hbond substituents is 1. The zero-order chi connectivity index (χ0) is 16.4. The van der Waals surface area contributed by atoms with Gasteiger partial charge >= 0.3 is 5.97 Å². The zero-order valence-corrected chi connectivity index (χ0v) is 12.4. The highest BCUT2D eigenvalue weighted by Gasteiger charge is 2.11. The van der Waals surface area contributed by atoms with E-state index in [1.165, 1.54) is 6.07 Å². The van der Waals surface area contributed by atoms with Crippen molar-refractivity contribution in [1.29, 1.82) is 0 Å². The Bertz CT molecular complexity index is 933. The molecule has 3 rings (SSSR count). The van der Waals surface area contributed by atoms with E-state index in [1.807, 2.05) is 31.2 Å². The van der Waals surface area contributed by atoms with Gasteiger partial charge in [-0.3, -0.25) is 0 Å². The molecule has 0 amide bonds. The highest BCUT2D eigenvalue weighted by molar-refractivity contribution is 5.95. The summed E-state index contributed by atoms with van der Waals surface area (Å²) in [5, 5.41) is 29.2. The standard InChI is InChI=1S/C18H14N2O3/c1-11-10-16(17(21)13-7-3-2-6-12(11)13)20-19-15-9-5-4-8-14(15)18(22)23/h2-10,21H,1H3,(H,22,23). The van der Waals surface area contributed by atoms with Crippen LogP contribution in [0.2, 0.25) is 0 Å². The number of aromatic hydroxyl groups is 1. The monoisotopic (exact) mass is 306 g/mol. The van der Waals surface area contributed by atoms with Gasteiger partial charge in [0.15, 0.2) is 5.75 Å². The number of rotatable bonds is 3. The second kappa shape index (κ2) is 5.88. The first-order valence-corrected chi connectivity index (χ1v) is 7.03. The van der Waals surface area contributed by atoms with Gasteiger partial charge in [0.25, 0.3) is 0 Å². The Hall–Kier alpha value is -3.21. The van der Waals surface area contributed by atoms with Crippen LogP contribution in [0.1, 0.15) is 15.9 Å². The Morgan fingerprint density at radius 2 is 1.52 bits per heavy atom. The third-order valence-corrected chi connectivity index (χ3v) is 3.60. The molecule has 23 heavy (non-hydrogen) atoms. The molecule has 0 saturated carbocycles. The summed E-state index contributed by atoms with van der Waals surface area (Å²) in [7, 11) is 0. The van der Waals surface area contributed by atoms with Crippen LogP contribution < -0.4 is 0 Å². The van der Waals surface area contributed by atoms with E-state index in [2.05, 4.69) is 10.2 Å². The second-order valence-corrected chi connectivity index (χ2v) is 5.13. The van der Waals surface area contributed by atoms with Crippen molar-refractivity contribution < 1.29 is 15.0 Å². The number of phenols is 1. The third-order valence-electron chi connectivity index (χ3n) is 3.60. The lowest BCUT2D eigenvalue weighted by Gasteiger charge is -2.07. The van der Waals surface area contributed by atoms with Gasteiger partial charge in [-0.25, -0.2) is 4.79 Å². The van der Waals surface area contributed by atoms with Gasteiger partial charge in [-0.05, 0) is 36.1 Å². The fourth-order valence-corrected chi connectivity index (χ4v) is 2.45. The summed E-state index contributed by atoms with van der Waals surface area (Å²) in [6, 6.07) is 15.5. The van der Waals surface area contributed by atoms with E-state index < -0.39 is 5.97 Å². The first-order chi connectivity index (χ1) is 11.1. The highest BCUT2D eigenvalue weighted by Crippen LogP contribution is 2.37. The summed E-state index contributed by atoms with van der Waals surface area (Å²) in [5.41, 5.74) is 1.57. The minimum absolute atomic E-state index is 0.0303. The quantitative estimate of drug-likeness (QED) is 0.670. The Balaban J connectivity index is 2.09. The fraction of sp³-hybridized carbons (Fsp3) is 0.0556. The first-order valence-electron chi connectivity index (χ1n) is 7.03. The van der Waals surface area contributed by atoms with Crippen LogP contribution in [0.5, 0.6) is 5.75 Å². The average molecular weight is 306 g/mol. The van der Waals surface area contributed by atoms with E-state index in [-0.39, 0.29) is 17.0 Å². The Labute approximate surface area is 132 Å². The minimum Gasteiger partial charge on any atom is -0.505 e. The number of carboxylic acid groups (broad SMARTS) is 1. The maximum Gasteiger partial charge on any atom is 0.337 e. The van der Waals surface area contributed by atoms with Crippen LogP contribution in [0.15, 0.2) is 64.8 Å². The van der Waals surface area contributed by atoms with E-state index >= 15 is 0 Å². The van der Waals surface area contributed by atoms with E-state index in [1.54, 1.807) is 24.3 Å². The van der Waals surface area contributed by atoms with Crippen LogP contribution >= 0.6 is 0 Å². The van der Waals surface area contributed by atoms with Gasteiger partial charge in [-0.15, -0.1) is 10.2 Å². The molecule has 2 N–H and O–H groups in total.